The summed E-state index contributed by atoms with van der Waals surface area (Å²) >= 11 is 0. The molecule has 0 unspecified atom stereocenters. The van der Waals surface area contributed by atoms with E-state index in [1.54, 1.807) is 24.3 Å². The summed E-state index contributed by atoms with van der Waals surface area (Å²) in [4.78, 5) is 49.9. The van der Waals surface area contributed by atoms with Crippen LogP contribution in [0.1, 0.15) is 67.2 Å². The Labute approximate surface area is 165 Å². The number of benzene rings is 1. The van der Waals surface area contributed by atoms with Crippen LogP contribution < -0.4 is 5.32 Å². The molecule has 1 aromatic rings. The van der Waals surface area contributed by atoms with Crippen LogP contribution in [0.25, 0.3) is 0 Å². The number of nitrogens with one attached hydrogen (secondary N) is 1. The third kappa shape index (κ3) is 4.97. The van der Waals surface area contributed by atoms with Crippen LogP contribution in [0.2, 0.25) is 0 Å². The molecule has 152 valence electrons. The van der Waals surface area contributed by atoms with Crippen LogP contribution >= 0.6 is 0 Å². The monoisotopic (exact) mass is 388 g/mol. The molecule has 1 N–H and O–H groups in total. The summed E-state index contributed by atoms with van der Waals surface area (Å²) in [5.74, 6) is -1.84. The SMILES string of the molecule is CCCC[C@@H](CC)CNC(=O)COC(=O)[C@@H](C)N1C(=O)c2ccccc2C1=O. The molecular formula is C21H28N2O5. The Balaban J connectivity index is 1.84. The van der Waals surface area contributed by atoms with Crippen LogP contribution in [0.3, 0.4) is 0 Å². The van der Waals surface area contributed by atoms with Gasteiger partial charge < -0.3 is 10.1 Å². The number of ether oxygens (including phenoxy) is 1. The minimum atomic E-state index is -1.10. The molecule has 2 rings (SSSR count). The zero-order valence-electron chi connectivity index (χ0n) is 16.7. The van der Waals surface area contributed by atoms with Gasteiger partial charge in [0.2, 0.25) is 0 Å². The Morgan fingerprint density at radius 2 is 1.71 bits per heavy atom. The third-order valence-electron chi connectivity index (χ3n) is 5.03. The van der Waals surface area contributed by atoms with Crippen molar-refractivity contribution in [3.63, 3.8) is 0 Å². The van der Waals surface area contributed by atoms with Gasteiger partial charge in [-0.1, -0.05) is 45.2 Å². The van der Waals surface area contributed by atoms with Crippen molar-refractivity contribution in [1.29, 1.82) is 0 Å². The summed E-state index contributed by atoms with van der Waals surface area (Å²) in [6.07, 6.45) is 4.24. The van der Waals surface area contributed by atoms with Crippen molar-refractivity contribution in [2.75, 3.05) is 13.2 Å². The van der Waals surface area contributed by atoms with E-state index < -0.39 is 36.3 Å². The second-order valence-electron chi connectivity index (χ2n) is 7.03. The second-order valence-corrected chi connectivity index (χ2v) is 7.03. The smallest absolute Gasteiger partial charge is 0.329 e. The summed E-state index contributed by atoms with van der Waals surface area (Å²) in [5.41, 5.74) is 0.533. The number of rotatable bonds is 10. The molecule has 7 nitrogen and oxygen atoms in total. The first kappa shape index (κ1) is 21.6. The molecule has 3 amide bonds. The molecular weight excluding hydrogens is 360 g/mol. The molecule has 2 atom stereocenters. The molecule has 1 heterocycles. The standard InChI is InChI=1S/C21H28N2O5/c1-4-6-9-15(5-2)12-22-18(24)13-28-21(27)14(3)23-19(25)16-10-7-8-11-17(16)20(23)26/h7-8,10-11,14-15H,4-6,9,12-13H2,1-3H3,(H,22,24)/t14-,15-/m1/s1. The van der Waals surface area contributed by atoms with Crippen molar-refractivity contribution in [3.8, 4) is 0 Å². The van der Waals surface area contributed by atoms with E-state index in [4.69, 9.17) is 4.74 Å². The average Bonchev–Trinajstić information content (AvgIpc) is 2.96. The zero-order chi connectivity index (χ0) is 20.7. The maximum absolute atomic E-state index is 12.4. The number of hydrogen-bond donors (Lipinski definition) is 1. The third-order valence-corrected chi connectivity index (χ3v) is 5.03. The number of carbonyl (C=O) groups is 4. The lowest BCUT2D eigenvalue weighted by atomic mass is 9.99. The van der Waals surface area contributed by atoms with E-state index in [2.05, 4.69) is 19.2 Å². The maximum atomic E-state index is 12.4. The zero-order valence-corrected chi connectivity index (χ0v) is 16.7. The first-order valence-corrected chi connectivity index (χ1v) is 9.80. The Morgan fingerprint density at radius 1 is 1.11 bits per heavy atom. The van der Waals surface area contributed by atoms with Crippen molar-refractivity contribution < 1.29 is 23.9 Å². The van der Waals surface area contributed by atoms with Crippen LogP contribution in [-0.4, -0.2) is 47.8 Å². The van der Waals surface area contributed by atoms with Crippen molar-refractivity contribution in [1.82, 2.24) is 10.2 Å². The number of hydrogen-bond acceptors (Lipinski definition) is 5. The number of nitrogens with zero attached hydrogens (tertiary/aromatic N) is 1. The van der Waals surface area contributed by atoms with Gasteiger partial charge in [-0.05, 0) is 31.4 Å². The molecule has 0 bridgehead atoms. The van der Waals surface area contributed by atoms with Gasteiger partial charge in [0.05, 0.1) is 11.1 Å². The predicted molar refractivity (Wildman–Crippen MR) is 104 cm³/mol. The van der Waals surface area contributed by atoms with Gasteiger partial charge in [-0.15, -0.1) is 0 Å². The summed E-state index contributed by atoms with van der Waals surface area (Å²) < 4.78 is 5.02. The highest BCUT2D eigenvalue weighted by Crippen LogP contribution is 2.24. The maximum Gasteiger partial charge on any atom is 0.329 e. The largest absolute Gasteiger partial charge is 0.454 e. The Bertz CT molecular complexity index is 711. The summed E-state index contributed by atoms with van der Waals surface area (Å²) in [6.45, 7) is 5.73. The summed E-state index contributed by atoms with van der Waals surface area (Å²) in [5, 5.41) is 2.77. The van der Waals surface area contributed by atoms with E-state index >= 15 is 0 Å². The van der Waals surface area contributed by atoms with Crippen LogP contribution in [-0.2, 0) is 14.3 Å². The molecule has 1 aliphatic heterocycles. The van der Waals surface area contributed by atoms with Gasteiger partial charge >= 0.3 is 5.97 Å². The van der Waals surface area contributed by atoms with E-state index in [0.29, 0.717) is 12.5 Å². The van der Waals surface area contributed by atoms with Gasteiger partial charge in [-0.3, -0.25) is 19.3 Å². The van der Waals surface area contributed by atoms with E-state index in [1.165, 1.54) is 6.92 Å². The van der Waals surface area contributed by atoms with Gasteiger partial charge in [0.1, 0.15) is 6.04 Å². The van der Waals surface area contributed by atoms with Crippen molar-refractivity contribution in [2.45, 2.75) is 52.5 Å². The van der Waals surface area contributed by atoms with Crippen LogP contribution in [0.15, 0.2) is 24.3 Å². The molecule has 0 spiro atoms. The van der Waals surface area contributed by atoms with E-state index in [-0.39, 0.29) is 11.1 Å². The van der Waals surface area contributed by atoms with Gasteiger partial charge in [-0.25, -0.2) is 4.79 Å². The average molecular weight is 388 g/mol. The Kier molecular flexibility index (Phi) is 7.72. The molecule has 1 aromatic carbocycles. The first-order chi connectivity index (χ1) is 13.4. The molecule has 1 aliphatic rings. The molecule has 0 radical (unpaired) electrons. The van der Waals surface area contributed by atoms with Crippen molar-refractivity contribution in [3.05, 3.63) is 35.4 Å². The predicted octanol–water partition coefficient (Wildman–Crippen LogP) is 2.55. The second kappa shape index (κ2) is 10.0. The molecule has 0 aliphatic carbocycles. The van der Waals surface area contributed by atoms with Crippen LogP contribution in [0, 0.1) is 5.92 Å². The molecule has 7 heteroatoms. The van der Waals surface area contributed by atoms with Crippen LogP contribution in [0.5, 0.6) is 0 Å². The Morgan fingerprint density at radius 3 is 2.25 bits per heavy atom. The lowest BCUT2D eigenvalue weighted by molar-refractivity contribution is -0.151. The number of amides is 3. The molecule has 0 saturated carbocycles. The number of imide groups is 1. The topological polar surface area (TPSA) is 92.8 Å². The van der Waals surface area contributed by atoms with Gasteiger partial charge in [-0.2, -0.15) is 0 Å². The fourth-order valence-corrected chi connectivity index (χ4v) is 3.17. The molecule has 0 saturated heterocycles. The lowest BCUT2D eigenvalue weighted by Gasteiger charge is -2.21. The molecule has 28 heavy (non-hydrogen) atoms. The Hall–Kier alpha value is -2.70. The highest BCUT2D eigenvalue weighted by Gasteiger charge is 2.41. The highest BCUT2D eigenvalue weighted by molar-refractivity contribution is 6.22. The van der Waals surface area contributed by atoms with Gasteiger partial charge in [0.25, 0.3) is 17.7 Å². The minimum absolute atomic E-state index is 0.266. The minimum Gasteiger partial charge on any atom is -0.454 e. The van der Waals surface area contributed by atoms with Gasteiger partial charge in [0, 0.05) is 6.54 Å². The highest BCUT2D eigenvalue weighted by atomic mass is 16.5. The van der Waals surface area contributed by atoms with Crippen molar-refractivity contribution in [2.24, 2.45) is 5.92 Å². The number of fused-ring (bicyclic) bond motifs is 1. The van der Waals surface area contributed by atoms with Crippen LogP contribution in [0.4, 0.5) is 0 Å². The summed E-state index contributed by atoms with van der Waals surface area (Å²) in [7, 11) is 0. The normalized spacial score (nSPS) is 15.2. The summed E-state index contributed by atoms with van der Waals surface area (Å²) in [6, 6.07) is 5.30. The fourth-order valence-electron chi connectivity index (χ4n) is 3.17. The fraction of sp³-hybridized carbons (Fsp3) is 0.524. The van der Waals surface area contributed by atoms with E-state index in [0.717, 1.165) is 30.6 Å². The molecule has 0 aromatic heterocycles. The van der Waals surface area contributed by atoms with E-state index in [9.17, 15) is 19.2 Å². The van der Waals surface area contributed by atoms with Crippen molar-refractivity contribution >= 4 is 23.7 Å². The number of esters is 1. The first-order valence-electron chi connectivity index (χ1n) is 9.80. The van der Waals surface area contributed by atoms with E-state index in [1.807, 2.05) is 0 Å². The number of carbonyl (C=O) groups excluding carboxylic acids is 4. The lowest BCUT2D eigenvalue weighted by Crippen LogP contribution is -2.44. The quantitative estimate of drug-likeness (QED) is 0.491. The van der Waals surface area contributed by atoms with Gasteiger partial charge in [0.15, 0.2) is 6.61 Å². The molecule has 0 fully saturated rings. The number of unbranched alkanes of at least 4 members (excludes halogenated alkanes) is 1.